The van der Waals surface area contributed by atoms with Crippen LogP contribution >= 0.6 is 15.9 Å². The van der Waals surface area contributed by atoms with Crippen molar-refractivity contribution in [1.82, 2.24) is 0 Å². The molecule has 0 spiro atoms. The molecule has 2 rings (SSSR count). The lowest BCUT2D eigenvalue weighted by molar-refractivity contribution is 0.306. The van der Waals surface area contributed by atoms with Crippen molar-refractivity contribution in [2.45, 2.75) is 6.61 Å². The number of nitrogen functional groups attached to an aromatic ring is 1. The third-order valence-electron chi connectivity index (χ3n) is 2.61. The summed E-state index contributed by atoms with van der Waals surface area (Å²) in [6.07, 6.45) is 0. The lowest BCUT2D eigenvalue weighted by atomic mass is 10.2. The Labute approximate surface area is 119 Å². The van der Waals surface area contributed by atoms with Gasteiger partial charge in [-0.1, -0.05) is 15.9 Å². The SMILES string of the molecule is COc1ccc(OCc2cc(F)ccc2Br)c(N)c1. The van der Waals surface area contributed by atoms with Gasteiger partial charge in [-0.2, -0.15) is 0 Å². The zero-order valence-corrected chi connectivity index (χ0v) is 11.9. The second-order valence-electron chi connectivity index (χ2n) is 3.93. The van der Waals surface area contributed by atoms with Crippen molar-refractivity contribution in [3.05, 3.63) is 52.3 Å². The first-order valence-electron chi connectivity index (χ1n) is 5.60. The minimum absolute atomic E-state index is 0.231. The fourth-order valence-electron chi connectivity index (χ4n) is 1.59. The number of ether oxygens (including phenoxy) is 2. The summed E-state index contributed by atoms with van der Waals surface area (Å²) in [6, 6.07) is 9.61. The monoisotopic (exact) mass is 325 g/mol. The molecular weight excluding hydrogens is 313 g/mol. The molecule has 0 saturated carbocycles. The number of hydrogen-bond donors (Lipinski definition) is 1. The van der Waals surface area contributed by atoms with Crippen LogP contribution in [0.2, 0.25) is 0 Å². The van der Waals surface area contributed by atoms with E-state index in [0.717, 1.165) is 10.0 Å². The van der Waals surface area contributed by atoms with Crippen molar-refractivity contribution >= 4 is 21.6 Å². The maximum absolute atomic E-state index is 13.1. The van der Waals surface area contributed by atoms with E-state index in [0.29, 0.717) is 17.2 Å². The van der Waals surface area contributed by atoms with Gasteiger partial charge in [0.15, 0.2) is 0 Å². The van der Waals surface area contributed by atoms with Gasteiger partial charge in [-0.25, -0.2) is 4.39 Å². The molecule has 2 aromatic carbocycles. The largest absolute Gasteiger partial charge is 0.497 e. The van der Waals surface area contributed by atoms with E-state index in [9.17, 15) is 4.39 Å². The summed E-state index contributed by atoms with van der Waals surface area (Å²) in [5, 5.41) is 0. The van der Waals surface area contributed by atoms with Crippen LogP contribution < -0.4 is 15.2 Å². The highest BCUT2D eigenvalue weighted by atomic mass is 79.9. The van der Waals surface area contributed by atoms with Crippen LogP contribution in [-0.2, 0) is 6.61 Å². The van der Waals surface area contributed by atoms with Gasteiger partial charge in [0.25, 0.3) is 0 Å². The van der Waals surface area contributed by atoms with Crippen molar-refractivity contribution in [3.8, 4) is 11.5 Å². The molecule has 0 aliphatic heterocycles. The molecule has 3 nitrogen and oxygen atoms in total. The summed E-state index contributed by atoms with van der Waals surface area (Å²) in [5.41, 5.74) is 7.03. The standard InChI is InChI=1S/C14H13BrFNO2/c1-18-11-3-5-14(13(17)7-11)19-8-9-6-10(16)2-4-12(9)15/h2-7H,8,17H2,1H3. The van der Waals surface area contributed by atoms with Gasteiger partial charge in [-0.15, -0.1) is 0 Å². The third-order valence-corrected chi connectivity index (χ3v) is 3.38. The molecule has 5 heteroatoms. The van der Waals surface area contributed by atoms with Crippen LogP contribution in [0.1, 0.15) is 5.56 Å². The van der Waals surface area contributed by atoms with Gasteiger partial charge in [-0.3, -0.25) is 0 Å². The number of methoxy groups -OCH3 is 1. The molecule has 0 fully saturated rings. The first kappa shape index (κ1) is 13.7. The quantitative estimate of drug-likeness (QED) is 0.870. The molecule has 0 amide bonds. The molecule has 0 aromatic heterocycles. The topological polar surface area (TPSA) is 44.5 Å². The molecule has 0 aliphatic rings. The van der Waals surface area contributed by atoms with Crippen LogP contribution in [0.25, 0.3) is 0 Å². The van der Waals surface area contributed by atoms with E-state index in [4.69, 9.17) is 15.2 Å². The maximum atomic E-state index is 13.1. The molecule has 2 N–H and O–H groups in total. The van der Waals surface area contributed by atoms with Crippen LogP contribution in [0.15, 0.2) is 40.9 Å². The summed E-state index contributed by atoms with van der Waals surface area (Å²) in [5.74, 6) is 0.901. The molecule has 0 atom stereocenters. The fraction of sp³-hybridized carbons (Fsp3) is 0.143. The summed E-state index contributed by atoms with van der Waals surface area (Å²) < 4.78 is 24.6. The minimum atomic E-state index is -0.301. The van der Waals surface area contributed by atoms with E-state index in [1.54, 1.807) is 31.4 Å². The summed E-state index contributed by atoms with van der Waals surface area (Å²) in [4.78, 5) is 0. The number of anilines is 1. The van der Waals surface area contributed by atoms with E-state index in [1.807, 2.05) is 0 Å². The lowest BCUT2D eigenvalue weighted by Crippen LogP contribution is -2.00. The van der Waals surface area contributed by atoms with Crippen molar-refractivity contribution in [2.24, 2.45) is 0 Å². The highest BCUT2D eigenvalue weighted by molar-refractivity contribution is 9.10. The van der Waals surface area contributed by atoms with Gasteiger partial charge >= 0.3 is 0 Å². The van der Waals surface area contributed by atoms with Gasteiger partial charge < -0.3 is 15.2 Å². The Balaban J connectivity index is 2.12. The van der Waals surface area contributed by atoms with E-state index in [2.05, 4.69) is 15.9 Å². The van der Waals surface area contributed by atoms with Crippen LogP contribution in [0.4, 0.5) is 10.1 Å². The predicted molar refractivity (Wildman–Crippen MR) is 75.8 cm³/mol. The predicted octanol–water partition coefficient (Wildman–Crippen LogP) is 3.76. The summed E-state index contributed by atoms with van der Waals surface area (Å²) in [6.45, 7) is 0.231. The highest BCUT2D eigenvalue weighted by Gasteiger charge is 2.06. The number of hydrogen-bond acceptors (Lipinski definition) is 3. The van der Waals surface area contributed by atoms with E-state index in [1.165, 1.54) is 12.1 Å². The summed E-state index contributed by atoms with van der Waals surface area (Å²) in [7, 11) is 1.57. The van der Waals surface area contributed by atoms with Gasteiger partial charge in [0.1, 0.15) is 23.9 Å². The first-order valence-corrected chi connectivity index (χ1v) is 6.39. The second kappa shape index (κ2) is 5.93. The Bertz CT molecular complexity index is 590. The van der Waals surface area contributed by atoms with Gasteiger partial charge in [-0.05, 0) is 30.3 Å². The second-order valence-corrected chi connectivity index (χ2v) is 4.78. The number of nitrogens with two attached hydrogens (primary N) is 1. The Morgan fingerprint density at radius 3 is 2.68 bits per heavy atom. The Morgan fingerprint density at radius 1 is 1.21 bits per heavy atom. The van der Waals surface area contributed by atoms with Gasteiger partial charge in [0.05, 0.1) is 12.8 Å². The van der Waals surface area contributed by atoms with Gasteiger partial charge in [0, 0.05) is 16.1 Å². The molecule has 0 unspecified atom stereocenters. The minimum Gasteiger partial charge on any atom is -0.497 e. The van der Waals surface area contributed by atoms with Crippen LogP contribution in [0, 0.1) is 5.82 Å². The van der Waals surface area contributed by atoms with Crippen LogP contribution in [0.3, 0.4) is 0 Å². The van der Waals surface area contributed by atoms with Crippen molar-refractivity contribution in [1.29, 1.82) is 0 Å². The van der Waals surface area contributed by atoms with Crippen LogP contribution in [0.5, 0.6) is 11.5 Å². The lowest BCUT2D eigenvalue weighted by Gasteiger charge is -2.11. The Morgan fingerprint density at radius 2 is 2.00 bits per heavy atom. The van der Waals surface area contributed by atoms with E-state index < -0.39 is 0 Å². The molecule has 0 saturated heterocycles. The molecule has 19 heavy (non-hydrogen) atoms. The highest BCUT2D eigenvalue weighted by Crippen LogP contribution is 2.28. The van der Waals surface area contributed by atoms with Crippen molar-refractivity contribution in [3.63, 3.8) is 0 Å². The smallest absolute Gasteiger partial charge is 0.142 e. The normalized spacial score (nSPS) is 10.3. The zero-order chi connectivity index (χ0) is 13.8. The van der Waals surface area contributed by atoms with Crippen molar-refractivity contribution < 1.29 is 13.9 Å². The number of halogens is 2. The van der Waals surface area contributed by atoms with Crippen molar-refractivity contribution in [2.75, 3.05) is 12.8 Å². The average molecular weight is 326 g/mol. The molecule has 2 aromatic rings. The fourth-order valence-corrected chi connectivity index (χ4v) is 1.96. The molecule has 0 bridgehead atoms. The maximum Gasteiger partial charge on any atom is 0.142 e. The molecule has 0 heterocycles. The molecule has 0 radical (unpaired) electrons. The number of rotatable bonds is 4. The zero-order valence-electron chi connectivity index (χ0n) is 10.3. The third kappa shape index (κ3) is 3.38. The molecule has 100 valence electrons. The van der Waals surface area contributed by atoms with Crippen LogP contribution in [-0.4, -0.2) is 7.11 Å². The molecule has 0 aliphatic carbocycles. The summed E-state index contributed by atoms with van der Waals surface area (Å²) >= 11 is 3.35. The molecular formula is C14H13BrFNO2. The Kier molecular flexibility index (Phi) is 4.27. The van der Waals surface area contributed by atoms with E-state index in [-0.39, 0.29) is 12.4 Å². The van der Waals surface area contributed by atoms with E-state index >= 15 is 0 Å². The first-order chi connectivity index (χ1) is 9.10. The number of benzene rings is 2. The van der Waals surface area contributed by atoms with Gasteiger partial charge in [0.2, 0.25) is 0 Å². The Hall–Kier alpha value is -1.75. The average Bonchev–Trinajstić information content (AvgIpc) is 2.40.